The zero-order valence-corrected chi connectivity index (χ0v) is 20.6. The van der Waals surface area contributed by atoms with E-state index in [-0.39, 0.29) is 17.9 Å². The van der Waals surface area contributed by atoms with Gasteiger partial charge < -0.3 is 19.9 Å². The predicted molar refractivity (Wildman–Crippen MR) is 132 cm³/mol. The van der Waals surface area contributed by atoms with Crippen molar-refractivity contribution in [3.63, 3.8) is 0 Å². The average molecular weight is 466 g/mol. The fourth-order valence-electron chi connectivity index (χ4n) is 4.55. The summed E-state index contributed by atoms with van der Waals surface area (Å²) in [5, 5.41) is 11.4. The fraction of sp³-hybridized carbons (Fsp3) is 0.538. The molecule has 1 N–H and O–H groups in total. The minimum atomic E-state index is -0.472. The SMILES string of the molecule is Cc1ccc(N2CCC(C(=O)Nc3ccc(C4CCN(C(=O)OC(C)(C)C)CC4)cc3)C2)nn1. The summed E-state index contributed by atoms with van der Waals surface area (Å²) in [6, 6.07) is 12.0. The molecule has 8 nitrogen and oxygen atoms in total. The van der Waals surface area contributed by atoms with Crippen LogP contribution in [0.2, 0.25) is 0 Å². The molecule has 34 heavy (non-hydrogen) atoms. The first-order valence-electron chi connectivity index (χ1n) is 12.1. The fourth-order valence-corrected chi connectivity index (χ4v) is 4.55. The van der Waals surface area contributed by atoms with Crippen LogP contribution in [0.15, 0.2) is 36.4 Å². The largest absolute Gasteiger partial charge is 0.444 e. The molecule has 0 aliphatic carbocycles. The molecule has 1 aromatic heterocycles. The van der Waals surface area contributed by atoms with E-state index in [9.17, 15) is 9.59 Å². The second-order valence-electron chi connectivity index (χ2n) is 10.3. The van der Waals surface area contributed by atoms with Gasteiger partial charge in [-0.05, 0) is 82.7 Å². The number of aromatic nitrogens is 2. The molecular weight excluding hydrogens is 430 g/mol. The summed E-state index contributed by atoms with van der Waals surface area (Å²) in [6.07, 6.45) is 2.38. The van der Waals surface area contributed by atoms with Gasteiger partial charge in [-0.25, -0.2) is 4.79 Å². The van der Waals surface area contributed by atoms with Gasteiger partial charge in [-0.2, -0.15) is 5.10 Å². The topological polar surface area (TPSA) is 87.7 Å². The Balaban J connectivity index is 1.26. The van der Waals surface area contributed by atoms with E-state index in [1.165, 1.54) is 5.56 Å². The normalized spacial score (nSPS) is 19.2. The Labute approximate surface area is 201 Å². The zero-order chi connectivity index (χ0) is 24.3. The maximum absolute atomic E-state index is 12.8. The number of piperidine rings is 1. The van der Waals surface area contributed by atoms with E-state index >= 15 is 0 Å². The lowest BCUT2D eigenvalue weighted by Crippen LogP contribution is -2.41. The number of rotatable bonds is 4. The van der Waals surface area contributed by atoms with Crippen LogP contribution in [-0.2, 0) is 9.53 Å². The second-order valence-corrected chi connectivity index (χ2v) is 10.3. The van der Waals surface area contributed by atoms with Crippen molar-refractivity contribution in [2.45, 2.75) is 58.5 Å². The maximum atomic E-state index is 12.8. The lowest BCUT2D eigenvalue weighted by Gasteiger charge is -2.33. The first kappa shape index (κ1) is 24.0. The molecular formula is C26H35N5O3. The number of nitrogens with zero attached hydrogens (tertiary/aromatic N) is 4. The van der Waals surface area contributed by atoms with Gasteiger partial charge in [0.25, 0.3) is 0 Å². The van der Waals surface area contributed by atoms with Gasteiger partial charge in [0.1, 0.15) is 5.60 Å². The number of hydrogen-bond acceptors (Lipinski definition) is 6. The number of aryl methyl sites for hydroxylation is 1. The molecule has 8 heteroatoms. The Hall–Kier alpha value is -3.16. The van der Waals surface area contributed by atoms with E-state index in [2.05, 4.69) is 32.5 Å². The van der Waals surface area contributed by atoms with E-state index in [0.29, 0.717) is 25.6 Å². The third-order valence-electron chi connectivity index (χ3n) is 6.46. The Morgan fingerprint density at radius 1 is 0.971 bits per heavy atom. The van der Waals surface area contributed by atoms with Crippen LogP contribution < -0.4 is 10.2 Å². The molecule has 0 spiro atoms. The Kier molecular flexibility index (Phi) is 7.05. The first-order chi connectivity index (χ1) is 16.2. The highest BCUT2D eigenvalue weighted by atomic mass is 16.6. The Morgan fingerprint density at radius 2 is 1.68 bits per heavy atom. The maximum Gasteiger partial charge on any atom is 0.410 e. The summed E-state index contributed by atoms with van der Waals surface area (Å²) in [4.78, 5) is 29.0. The van der Waals surface area contributed by atoms with Crippen molar-refractivity contribution in [2.24, 2.45) is 5.92 Å². The molecule has 0 radical (unpaired) electrons. The number of likely N-dealkylation sites (tertiary alicyclic amines) is 1. The minimum Gasteiger partial charge on any atom is -0.444 e. The van der Waals surface area contributed by atoms with Crippen molar-refractivity contribution in [1.29, 1.82) is 0 Å². The molecule has 0 saturated carbocycles. The molecule has 2 aliphatic heterocycles. The third-order valence-corrected chi connectivity index (χ3v) is 6.46. The molecule has 2 aliphatic rings. The van der Waals surface area contributed by atoms with Crippen LogP contribution in [0.3, 0.4) is 0 Å². The van der Waals surface area contributed by atoms with Gasteiger partial charge >= 0.3 is 6.09 Å². The quantitative estimate of drug-likeness (QED) is 0.722. The van der Waals surface area contributed by atoms with Crippen molar-refractivity contribution >= 4 is 23.5 Å². The molecule has 4 rings (SSSR count). The summed E-state index contributed by atoms with van der Waals surface area (Å²) in [5.74, 6) is 1.20. The van der Waals surface area contributed by atoms with Crippen LogP contribution in [-0.4, -0.2) is 58.9 Å². The van der Waals surface area contributed by atoms with E-state index in [1.807, 2.05) is 52.0 Å². The molecule has 2 saturated heterocycles. The number of carbonyl (C=O) groups is 2. The number of ether oxygens (including phenoxy) is 1. The van der Waals surface area contributed by atoms with Gasteiger partial charge in [0.05, 0.1) is 11.6 Å². The van der Waals surface area contributed by atoms with Crippen LogP contribution in [0.4, 0.5) is 16.3 Å². The molecule has 2 amide bonds. The summed E-state index contributed by atoms with van der Waals surface area (Å²) in [6.45, 7) is 10.4. The predicted octanol–water partition coefficient (Wildman–Crippen LogP) is 4.36. The third kappa shape index (κ3) is 6.04. The number of anilines is 2. The number of carbonyl (C=O) groups excluding carboxylic acids is 2. The minimum absolute atomic E-state index is 0.0426. The smallest absolute Gasteiger partial charge is 0.410 e. The van der Waals surface area contributed by atoms with Crippen LogP contribution in [0.25, 0.3) is 0 Å². The molecule has 1 aromatic carbocycles. The highest BCUT2D eigenvalue weighted by molar-refractivity contribution is 5.93. The van der Waals surface area contributed by atoms with Gasteiger partial charge in [-0.3, -0.25) is 4.79 Å². The summed E-state index contributed by atoms with van der Waals surface area (Å²) in [5.41, 5.74) is 2.47. The van der Waals surface area contributed by atoms with Crippen molar-refractivity contribution in [2.75, 3.05) is 36.4 Å². The van der Waals surface area contributed by atoms with E-state index in [0.717, 1.165) is 43.0 Å². The van der Waals surface area contributed by atoms with Crippen molar-refractivity contribution < 1.29 is 14.3 Å². The number of amides is 2. The molecule has 2 fully saturated rings. The standard InChI is InChI=1S/C26H35N5O3/c1-18-5-10-23(29-28-18)31-16-13-21(17-31)24(32)27-22-8-6-19(7-9-22)20-11-14-30(15-12-20)25(33)34-26(2,3)4/h5-10,20-21H,11-17H2,1-4H3,(H,27,32). The second kappa shape index (κ2) is 9.99. The van der Waals surface area contributed by atoms with Crippen LogP contribution >= 0.6 is 0 Å². The van der Waals surface area contributed by atoms with E-state index in [1.54, 1.807) is 4.90 Å². The summed E-state index contributed by atoms with van der Waals surface area (Å²) >= 11 is 0. The van der Waals surface area contributed by atoms with Crippen molar-refractivity contribution in [3.8, 4) is 0 Å². The molecule has 1 atom stereocenters. The lowest BCUT2D eigenvalue weighted by molar-refractivity contribution is -0.119. The number of nitrogens with one attached hydrogen (secondary N) is 1. The molecule has 182 valence electrons. The molecule has 2 aromatic rings. The van der Waals surface area contributed by atoms with Gasteiger partial charge in [-0.1, -0.05) is 12.1 Å². The number of hydrogen-bond donors (Lipinski definition) is 1. The van der Waals surface area contributed by atoms with E-state index < -0.39 is 5.60 Å². The lowest BCUT2D eigenvalue weighted by atomic mass is 9.89. The van der Waals surface area contributed by atoms with Gasteiger partial charge in [0, 0.05) is 31.9 Å². The summed E-state index contributed by atoms with van der Waals surface area (Å²) in [7, 11) is 0. The first-order valence-corrected chi connectivity index (χ1v) is 12.1. The molecule has 1 unspecified atom stereocenters. The number of benzene rings is 1. The van der Waals surface area contributed by atoms with Crippen LogP contribution in [0.1, 0.15) is 57.2 Å². The van der Waals surface area contributed by atoms with Crippen LogP contribution in [0.5, 0.6) is 0 Å². The Morgan fingerprint density at radius 3 is 2.29 bits per heavy atom. The van der Waals surface area contributed by atoms with Gasteiger partial charge in [-0.15, -0.1) is 5.10 Å². The molecule has 3 heterocycles. The Bertz CT molecular complexity index is 993. The highest BCUT2D eigenvalue weighted by Gasteiger charge is 2.30. The van der Waals surface area contributed by atoms with Crippen molar-refractivity contribution in [3.05, 3.63) is 47.7 Å². The van der Waals surface area contributed by atoms with Gasteiger partial charge in [0.15, 0.2) is 5.82 Å². The molecule has 0 bridgehead atoms. The van der Waals surface area contributed by atoms with E-state index in [4.69, 9.17) is 4.74 Å². The van der Waals surface area contributed by atoms with Crippen molar-refractivity contribution in [1.82, 2.24) is 15.1 Å². The highest BCUT2D eigenvalue weighted by Crippen LogP contribution is 2.30. The average Bonchev–Trinajstić information content (AvgIpc) is 3.30. The zero-order valence-electron chi connectivity index (χ0n) is 20.6. The monoisotopic (exact) mass is 465 g/mol. The van der Waals surface area contributed by atoms with Crippen LogP contribution in [0, 0.1) is 12.8 Å². The van der Waals surface area contributed by atoms with Gasteiger partial charge in [0.2, 0.25) is 5.91 Å². The summed E-state index contributed by atoms with van der Waals surface area (Å²) < 4.78 is 5.49.